The van der Waals surface area contributed by atoms with E-state index in [9.17, 15) is 14.4 Å². The number of nitrogen functional groups attached to an aromatic ring is 3. The van der Waals surface area contributed by atoms with E-state index in [-0.39, 0.29) is 24.1 Å². The topological polar surface area (TPSA) is 217 Å². The minimum atomic E-state index is -0.878. The van der Waals surface area contributed by atoms with Crippen molar-refractivity contribution in [3.05, 3.63) is 71.5 Å². The van der Waals surface area contributed by atoms with Gasteiger partial charge in [-0.2, -0.15) is 9.97 Å². The molecule has 14 heteroatoms. The van der Waals surface area contributed by atoms with Crippen LogP contribution in [0, 0.1) is 0 Å². The Balaban J connectivity index is 1.31. The van der Waals surface area contributed by atoms with E-state index in [0.29, 0.717) is 53.2 Å². The SMILES string of the molecule is COC(=O)[C@H](CCCNC(=O)c1ccc(N)cc1)NC(=O)c1ccc(N(C)Cc2cnc3nc(N)nc(N)c3n2)cc1. The Morgan fingerprint density at radius 1 is 0.929 bits per heavy atom. The molecule has 42 heavy (non-hydrogen) atoms. The molecule has 0 fully saturated rings. The summed E-state index contributed by atoms with van der Waals surface area (Å²) in [6.07, 6.45) is 2.30. The first-order chi connectivity index (χ1) is 20.1. The molecule has 2 aromatic heterocycles. The number of aromatic nitrogens is 4. The number of esters is 1. The minimum Gasteiger partial charge on any atom is -0.467 e. The molecule has 0 aliphatic carbocycles. The molecular formula is C28H32N10O4. The van der Waals surface area contributed by atoms with Gasteiger partial charge in [0.25, 0.3) is 11.8 Å². The lowest BCUT2D eigenvalue weighted by molar-refractivity contribution is -0.143. The van der Waals surface area contributed by atoms with Gasteiger partial charge in [0.15, 0.2) is 17.0 Å². The second-order valence-corrected chi connectivity index (χ2v) is 9.47. The van der Waals surface area contributed by atoms with Crippen LogP contribution in [-0.4, -0.2) is 64.5 Å². The molecule has 8 N–H and O–H groups in total. The van der Waals surface area contributed by atoms with Crippen LogP contribution in [0.2, 0.25) is 0 Å². The summed E-state index contributed by atoms with van der Waals surface area (Å²) in [6, 6.07) is 12.5. The molecular weight excluding hydrogens is 540 g/mol. The fourth-order valence-electron chi connectivity index (χ4n) is 4.14. The predicted molar refractivity (Wildman–Crippen MR) is 158 cm³/mol. The van der Waals surface area contributed by atoms with E-state index < -0.39 is 17.9 Å². The molecule has 0 aliphatic rings. The van der Waals surface area contributed by atoms with Gasteiger partial charge in [0.1, 0.15) is 6.04 Å². The van der Waals surface area contributed by atoms with Crippen molar-refractivity contribution in [1.82, 2.24) is 30.6 Å². The number of hydrogen-bond acceptors (Lipinski definition) is 12. The van der Waals surface area contributed by atoms with Gasteiger partial charge in [0, 0.05) is 36.1 Å². The van der Waals surface area contributed by atoms with Gasteiger partial charge in [-0.25, -0.2) is 14.8 Å². The average molecular weight is 573 g/mol. The molecule has 4 aromatic rings. The highest BCUT2D eigenvalue weighted by molar-refractivity contribution is 5.97. The number of fused-ring (bicyclic) bond motifs is 1. The number of methoxy groups -OCH3 is 1. The highest BCUT2D eigenvalue weighted by Crippen LogP contribution is 2.19. The Hall–Kier alpha value is -5.53. The number of carbonyl (C=O) groups excluding carboxylic acids is 3. The molecule has 2 aromatic carbocycles. The van der Waals surface area contributed by atoms with Crippen LogP contribution in [-0.2, 0) is 16.1 Å². The van der Waals surface area contributed by atoms with Crippen molar-refractivity contribution in [2.75, 3.05) is 42.8 Å². The Kier molecular flexibility index (Phi) is 9.27. The molecule has 0 unspecified atom stereocenters. The van der Waals surface area contributed by atoms with E-state index in [2.05, 4.69) is 30.6 Å². The molecule has 0 bridgehead atoms. The quantitative estimate of drug-likeness (QED) is 0.0975. The van der Waals surface area contributed by atoms with E-state index in [1.165, 1.54) is 7.11 Å². The second kappa shape index (κ2) is 13.2. The van der Waals surface area contributed by atoms with Gasteiger partial charge in [-0.15, -0.1) is 0 Å². The number of anilines is 4. The maximum atomic E-state index is 12.9. The maximum Gasteiger partial charge on any atom is 0.328 e. The number of benzene rings is 2. The van der Waals surface area contributed by atoms with E-state index in [1.807, 2.05) is 11.9 Å². The third-order valence-corrected chi connectivity index (χ3v) is 6.39. The Morgan fingerprint density at radius 2 is 1.60 bits per heavy atom. The van der Waals surface area contributed by atoms with Crippen LogP contribution < -0.4 is 32.7 Å². The average Bonchev–Trinajstić information content (AvgIpc) is 2.98. The third-order valence-electron chi connectivity index (χ3n) is 6.39. The number of rotatable bonds is 11. The Labute approximate surface area is 241 Å². The summed E-state index contributed by atoms with van der Waals surface area (Å²) in [7, 11) is 3.12. The van der Waals surface area contributed by atoms with E-state index in [0.717, 1.165) is 5.69 Å². The normalized spacial score (nSPS) is 11.5. The van der Waals surface area contributed by atoms with E-state index in [1.54, 1.807) is 54.7 Å². The van der Waals surface area contributed by atoms with Crippen LogP contribution in [0.5, 0.6) is 0 Å². The third kappa shape index (κ3) is 7.35. The number of nitrogens with one attached hydrogen (secondary N) is 2. The summed E-state index contributed by atoms with van der Waals surface area (Å²) in [5, 5.41) is 5.51. The Bertz CT molecular complexity index is 1580. The summed E-state index contributed by atoms with van der Waals surface area (Å²) < 4.78 is 4.86. The zero-order chi connectivity index (χ0) is 30.2. The molecule has 218 valence electrons. The van der Waals surface area contributed by atoms with Gasteiger partial charge in [-0.05, 0) is 61.4 Å². The van der Waals surface area contributed by atoms with E-state index in [4.69, 9.17) is 21.9 Å². The first-order valence-corrected chi connectivity index (χ1v) is 13.0. The zero-order valence-corrected chi connectivity index (χ0v) is 23.2. The molecule has 0 radical (unpaired) electrons. The summed E-state index contributed by atoms with van der Waals surface area (Å²) in [4.78, 5) is 56.2. The lowest BCUT2D eigenvalue weighted by Crippen LogP contribution is -2.42. The van der Waals surface area contributed by atoms with Crippen molar-refractivity contribution in [3.63, 3.8) is 0 Å². The summed E-state index contributed by atoms with van der Waals surface area (Å²) >= 11 is 0. The predicted octanol–water partition coefficient (Wildman–Crippen LogP) is 1.28. The molecule has 0 saturated heterocycles. The van der Waals surface area contributed by atoms with Gasteiger partial charge < -0.3 is 37.5 Å². The largest absolute Gasteiger partial charge is 0.467 e. The van der Waals surface area contributed by atoms with Crippen molar-refractivity contribution in [1.29, 1.82) is 0 Å². The van der Waals surface area contributed by atoms with Crippen molar-refractivity contribution in [3.8, 4) is 0 Å². The van der Waals surface area contributed by atoms with Gasteiger partial charge >= 0.3 is 5.97 Å². The van der Waals surface area contributed by atoms with Crippen LogP contribution in [0.3, 0.4) is 0 Å². The van der Waals surface area contributed by atoms with Crippen LogP contribution >= 0.6 is 0 Å². The van der Waals surface area contributed by atoms with Crippen molar-refractivity contribution in [2.24, 2.45) is 0 Å². The van der Waals surface area contributed by atoms with Gasteiger partial charge in [0.05, 0.1) is 25.5 Å². The van der Waals surface area contributed by atoms with Crippen LogP contribution in [0.1, 0.15) is 39.3 Å². The second-order valence-electron chi connectivity index (χ2n) is 9.47. The highest BCUT2D eigenvalue weighted by atomic mass is 16.5. The smallest absolute Gasteiger partial charge is 0.328 e. The van der Waals surface area contributed by atoms with E-state index >= 15 is 0 Å². The highest BCUT2D eigenvalue weighted by Gasteiger charge is 2.22. The fraction of sp³-hybridized carbons (Fsp3) is 0.250. The number of carbonyl (C=O) groups is 3. The number of amides is 2. The van der Waals surface area contributed by atoms with Gasteiger partial charge in [0.2, 0.25) is 5.95 Å². The van der Waals surface area contributed by atoms with Crippen molar-refractivity contribution < 1.29 is 19.1 Å². The summed E-state index contributed by atoms with van der Waals surface area (Å²) in [5.41, 5.74) is 20.7. The molecule has 0 saturated carbocycles. The number of ether oxygens (including phenoxy) is 1. The van der Waals surface area contributed by atoms with Crippen LogP contribution in [0.15, 0.2) is 54.7 Å². The lowest BCUT2D eigenvalue weighted by atomic mass is 10.1. The van der Waals surface area contributed by atoms with Gasteiger partial charge in [-0.1, -0.05) is 0 Å². The monoisotopic (exact) mass is 572 g/mol. The molecule has 2 heterocycles. The number of nitrogens with two attached hydrogens (primary N) is 3. The van der Waals surface area contributed by atoms with Crippen molar-refractivity contribution >= 4 is 52.1 Å². The lowest BCUT2D eigenvalue weighted by Gasteiger charge is -2.20. The Morgan fingerprint density at radius 3 is 2.29 bits per heavy atom. The zero-order valence-electron chi connectivity index (χ0n) is 23.2. The molecule has 14 nitrogen and oxygen atoms in total. The minimum absolute atomic E-state index is 0.0279. The van der Waals surface area contributed by atoms with Crippen LogP contribution in [0.4, 0.5) is 23.1 Å². The molecule has 2 amide bonds. The number of hydrogen-bond donors (Lipinski definition) is 5. The maximum absolute atomic E-state index is 12.9. The van der Waals surface area contributed by atoms with Crippen molar-refractivity contribution in [2.45, 2.75) is 25.4 Å². The molecule has 4 rings (SSSR count). The van der Waals surface area contributed by atoms with Gasteiger partial charge in [-0.3, -0.25) is 9.59 Å². The standard InChI is InChI=1S/C28H32N10O4/c1-38(15-19-14-33-24-22(34-19)23(30)36-28(31)37-24)20-11-7-17(8-12-20)26(40)35-21(27(41)42-2)4-3-13-32-25(39)16-5-9-18(29)10-6-16/h5-12,14,21H,3-4,13,15,29H2,1-2H3,(H,32,39)(H,35,40)(H4,30,31,33,36,37)/t21-/m0/s1. The molecule has 1 atom stereocenters. The summed E-state index contributed by atoms with van der Waals surface area (Å²) in [6.45, 7) is 0.709. The summed E-state index contributed by atoms with van der Waals surface area (Å²) in [5.74, 6) is -1.08. The van der Waals surface area contributed by atoms with Crippen LogP contribution in [0.25, 0.3) is 11.2 Å². The fourth-order valence-corrected chi connectivity index (χ4v) is 4.14. The molecule has 0 aliphatic heterocycles. The molecule has 0 spiro atoms. The number of nitrogens with zero attached hydrogens (tertiary/aromatic N) is 5. The first-order valence-electron chi connectivity index (χ1n) is 13.0. The first kappa shape index (κ1) is 29.5.